The quantitative estimate of drug-likeness (QED) is 0.578. The summed E-state index contributed by atoms with van der Waals surface area (Å²) in [6, 6.07) is 1.57. The van der Waals surface area contributed by atoms with Gasteiger partial charge in [0.05, 0.1) is 0 Å². The van der Waals surface area contributed by atoms with Crippen LogP contribution in [0.5, 0.6) is 0 Å². The van der Waals surface area contributed by atoms with Gasteiger partial charge in [-0.1, -0.05) is 32.9 Å². The molecule has 0 N–H and O–H groups in total. The highest BCUT2D eigenvalue weighted by atomic mass is 15.2. The lowest BCUT2D eigenvalue weighted by Gasteiger charge is -2.29. The number of rotatable bonds is 1. The molecule has 0 aromatic carbocycles. The minimum Gasteiger partial charge on any atom is -0.293 e. The Kier molecular flexibility index (Phi) is 2.46. The molecule has 2 aliphatic rings. The zero-order chi connectivity index (χ0) is 10.3. The van der Waals surface area contributed by atoms with Crippen LogP contribution in [0.4, 0.5) is 0 Å². The van der Waals surface area contributed by atoms with Crippen molar-refractivity contribution < 1.29 is 0 Å². The molecule has 2 fully saturated rings. The summed E-state index contributed by atoms with van der Waals surface area (Å²) >= 11 is 0. The van der Waals surface area contributed by atoms with Crippen molar-refractivity contribution >= 4 is 0 Å². The van der Waals surface area contributed by atoms with Crippen molar-refractivity contribution in [3.63, 3.8) is 0 Å². The summed E-state index contributed by atoms with van der Waals surface area (Å²) in [5.74, 6) is 0. The molecular weight excluding hydrogens is 170 g/mol. The Morgan fingerprint density at radius 1 is 1.36 bits per heavy atom. The molecule has 2 rings (SSSR count). The number of hydrogen-bond donors (Lipinski definition) is 0. The van der Waals surface area contributed by atoms with Crippen molar-refractivity contribution in [1.82, 2.24) is 4.90 Å². The zero-order valence-corrected chi connectivity index (χ0v) is 9.84. The number of hydrogen-bond acceptors (Lipinski definition) is 1. The maximum atomic E-state index is 4.19. The second-order valence-corrected chi connectivity index (χ2v) is 6.16. The van der Waals surface area contributed by atoms with Gasteiger partial charge in [0.1, 0.15) is 0 Å². The molecule has 0 aromatic heterocycles. The Morgan fingerprint density at radius 3 is 2.71 bits per heavy atom. The van der Waals surface area contributed by atoms with Crippen molar-refractivity contribution in [2.45, 2.75) is 58.5 Å². The van der Waals surface area contributed by atoms with Crippen LogP contribution in [0.1, 0.15) is 46.5 Å². The van der Waals surface area contributed by atoms with Gasteiger partial charge in [-0.2, -0.15) is 0 Å². The first-order chi connectivity index (χ1) is 6.47. The van der Waals surface area contributed by atoms with Gasteiger partial charge < -0.3 is 0 Å². The first-order valence-corrected chi connectivity index (χ1v) is 5.91. The van der Waals surface area contributed by atoms with Crippen LogP contribution in [0.2, 0.25) is 0 Å². The third-order valence-corrected chi connectivity index (χ3v) is 3.65. The molecular formula is C13H23N. The first-order valence-electron chi connectivity index (χ1n) is 5.91. The van der Waals surface area contributed by atoms with E-state index >= 15 is 0 Å². The lowest BCUT2D eigenvalue weighted by molar-refractivity contribution is 0.192. The highest BCUT2D eigenvalue weighted by Gasteiger charge is 2.39. The van der Waals surface area contributed by atoms with E-state index in [-0.39, 0.29) is 0 Å². The van der Waals surface area contributed by atoms with Crippen molar-refractivity contribution in [1.29, 1.82) is 0 Å². The van der Waals surface area contributed by atoms with Gasteiger partial charge in [-0.05, 0) is 31.1 Å². The average Bonchev–Trinajstić information content (AvgIpc) is 2.55. The molecule has 0 spiro atoms. The van der Waals surface area contributed by atoms with E-state index in [1.54, 1.807) is 0 Å². The smallest absolute Gasteiger partial charge is 0.0309 e. The van der Waals surface area contributed by atoms with Gasteiger partial charge >= 0.3 is 0 Å². The molecule has 2 unspecified atom stereocenters. The number of nitrogens with zero attached hydrogens (tertiary/aromatic N) is 1. The Labute approximate surface area is 88.2 Å². The van der Waals surface area contributed by atoms with Crippen LogP contribution in [-0.4, -0.2) is 23.5 Å². The number of fused-ring (bicyclic) bond motifs is 1. The molecule has 2 atom stereocenters. The summed E-state index contributed by atoms with van der Waals surface area (Å²) < 4.78 is 0. The van der Waals surface area contributed by atoms with Crippen LogP contribution < -0.4 is 0 Å². The van der Waals surface area contributed by atoms with E-state index in [9.17, 15) is 0 Å². The SMILES string of the molecule is C=C1CCN2C(CC(C)(C)C)CCC12. The van der Waals surface area contributed by atoms with E-state index in [1.165, 1.54) is 37.8 Å². The van der Waals surface area contributed by atoms with E-state index in [2.05, 4.69) is 32.3 Å². The second kappa shape index (κ2) is 3.37. The Morgan fingerprint density at radius 2 is 2.07 bits per heavy atom. The largest absolute Gasteiger partial charge is 0.293 e. The van der Waals surface area contributed by atoms with Crippen LogP contribution in [0, 0.1) is 5.41 Å². The summed E-state index contributed by atoms with van der Waals surface area (Å²) in [7, 11) is 0. The third kappa shape index (κ3) is 1.88. The van der Waals surface area contributed by atoms with Gasteiger partial charge in [0.2, 0.25) is 0 Å². The Bertz CT molecular complexity index is 236. The highest BCUT2D eigenvalue weighted by molar-refractivity contribution is 5.16. The average molecular weight is 193 g/mol. The van der Waals surface area contributed by atoms with Gasteiger partial charge in [0.15, 0.2) is 0 Å². The predicted octanol–water partition coefficient (Wildman–Crippen LogP) is 3.22. The molecule has 80 valence electrons. The van der Waals surface area contributed by atoms with Gasteiger partial charge in [0.25, 0.3) is 0 Å². The molecule has 2 saturated heterocycles. The summed E-state index contributed by atoms with van der Waals surface area (Å²) in [6.45, 7) is 12.5. The summed E-state index contributed by atoms with van der Waals surface area (Å²) in [5, 5.41) is 0. The predicted molar refractivity (Wildman–Crippen MR) is 61.3 cm³/mol. The topological polar surface area (TPSA) is 3.24 Å². The van der Waals surface area contributed by atoms with Crippen LogP contribution in [0.3, 0.4) is 0 Å². The van der Waals surface area contributed by atoms with Crippen LogP contribution in [-0.2, 0) is 0 Å². The molecule has 0 aromatic rings. The summed E-state index contributed by atoms with van der Waals surface area (Å²) in [6.07, 6.45) is 5.34. The molecule has 2 heterocycles. The lowest BCUT2D eigenvalue weighted by Crippen LogP contribution is -2.34. The van der Waals surface area contributed by atoms with Crippen molar-refractivity contribution in [2.24, 2.45) is 5.41 Å². The van der Waals surface area contributed by atoms with Gasteiger partial charge in [-0.25, -0.2) is 0 Å². The standard InChI is InChI=1S/C13H23N/c1-10-7-8-14-11(5-6-12(10)14)9-13(2,3)4/h11-12H,1,5-9H2,2-4H3. The summed E-state index contributed by atoms with van der Waals surface area (Å²) in [5.41, 5.74) is 1.96. The van der Waals surface area contributed by atoms with E-state index in [4.69, 9.17) is 0 Å². The van der Waals surface area contributed by atoms with Gasteiger partial charge in [0, 0.05) is 18.6 Å². The van der Waals surface area contributed by atoms with E-state index in [1.807, 2.05) is 0 Å². The second-order valence-electron chi connectivity index (χ2n) is 6.16. The van der Waals surface area contributed by atoms with Crippen LogP contribution >= 0.6 is 0 Å². The van der Waals surface area contributed by atoms with Crippen LogP contribution in [0.15, 0.2) is 12.2 Å². The molecule has 1 nitrogen and oxygen atoms in total. The highest BCUT2D eigenvalue weighted by Crippen LogP contribution is 2.39. The van der Waals surface area contributed by atoms with E-state index < -0.39 is 0 Å². The normalized spacial score (nSPS) is 33.8. The zero-order valence-electron chi connectivity index (χ0n) is 9.84. The fourth-order valence-electron chi connectivity index (χ4n) is 3.08. The minimum absolute atomic E-state index is 0.476. The monoisotopic (exact) mass is 193 g/mol. The lowest BCUT2D eigenvalue weighted by atomic mass is 9.87. The third-order valence-electron chi connectivity index (χ3n) is 3.65. The first kappa shape index (κ1) is 10.2. The fourth-order valence-corrected chi connectivity index (χ4v) is 3.08. The van der Waals surface area contributed by atoms with E-state index in [0.717, 1.165) is 12.1 Å². The van der Waals surface area contributed by atoms with Crippen molar-refractivity contribution in [3.8, 4) is 0 Å². The minimum atomic E-state index is 0.476. The Balaban J connectivity index is 2.00. The van der Waals surface area contributed by atoms with Crippen molar-refractivity contribution in [2.75, 3.05) is 6.54 Å². The maximum absolute atomic E-state index is 4.19. The molecule has 14 heavy (non-hydrogen) atoms. The van der Waals surface area contributed by atoms with Crippen LogP contribution in [0.25, 0.3) is 0 Å². The molecule has 0 saturated carbocycles. The molecule has 0 amide bonds. The molecule has 2 aliphatic heterocycles. The summed E-state index contributed by atoms with van der Waals surface area (Å²) in [4.78, 5) is 2.70. The molecule has 0 bridgehead atoms. The van der Waals surface area contributed by atoms with E-state index in [0.29, 0.717) is 5.41 Å². The molecule has 0 aliphatic carbocycles. The molecule has 0 radical (unpaired) electrons. The molecule has 1 heteroatoms. The van der Waals surface area contributed by atoms with Crippen molar-refractivity contribution in [3.05, 3.63) is 12.2 Å². The van der Waals surface area contributed by atoms with Gasteiger partial charge in [-0.3, -0.25) is 4.90 Å². The fraction of sp³-hybridized carbons (Fsp3) is 0.846. The Hall–Kier alpha value is -0.300. The van der Waals surface area contributed by atoms with Gasteiger partial charge in [-0.15, -0.1) is 0 Å². The maximum Gasteiger partial charge on any atom is 0.0309 e.